The zero-order valence-corrected chi connectivity index (χ0v) is 15.1. The first-order valence-electron chi connectivity index (χ1n) is 8.19. The molecule has 0 saturated carbocycles. The van der Waals surface area contributed by atoms with Gasteiger partial charge in [0.25, 0.3) is 11.6 Å². The minimum atomic E-state index is -0.553. The van der Waals surface area contributed by atoms with Crippen LogP contribution in [0.25, 0.3) is 11.0 Å². The lowest BCUT2D eigenvalue weighted by molar-refractivity contribution is -0.384. The van der Waals surface area contributed by atoms with E-state index in [1.165, 1.54) is 23.1 Å². The number of hydrogen-bond donors (Lipinski definition) is 0. The van der Waals surface area contributed by atoms with Gasteiger partial charge in [-0.15, -0.1) is 0 Å². The van der Waals surface area contributed by atoms with Crippen molar-refractivity contribution in [2.75, 3.05) is 29.9 Å². The summed E-state index contributed by atoms with van der Waals surface area (Å²) in [6.45, 7) is 0.985. The molecule has 27 heavy (non-hydrogen) atoms. The number of carbonyl (C=O) groups is 1. The summed E-state index contributed by atoms with van der Waals surface area (Å²) in [6, 6.07) is 11.2. The molecule has 4 rings (SSSR count). The fourth-order valence-corrected chi connectivity index (χ4v) is 3.27. The van der Waals surface area contributed by atoms with Crippen LogP contribution >= 0.6 is 11.6 Å². The van der Waals surface area contributed by atoms with E-state index in [1.54, 1.807) is 0 Å². The SMILES string of the molecule is CN1CCN(C(=O)c2ccc([N+](=O)[O-])cc2Cl)c2nc3ccccc3nc21. The number of non-ortho nitro benzene ring substituents is 1. The topological polar surface area (TPSA) is 92.5 Å². The van der Waals surface area contributed by atoms with E-state index < -0.39 is 4.92 Å². The molecule has 1 aliphatic rings. The number of likely N-dealkylation sites (N-methyl/N-ethyl adjacent to an activating group) is 1. The maximum atomic E-state index is 13.1. The number of fused-ring (bicyclic) bond motifs is 2. The summed E-state index contributed by atoms with van der Waals surface area (Å²) >= 11 is 6.14. The first kappa shape index (κ1) is 17.2. The molecule has 0 radical (unpaired) electrons. The van der Waals surface area contributed by atoms with Crippen molar-refractivity contribution in [1.29, 1.82) is 0 Å². The molecule has 0 saturated heterocycles. The number of para-hydroxylation sites is 2. The molecule has 0 atom stereocenters. The Kier molecular flexibility index (Phi) is 4.12. The van der Waals surface area contributed by atoms with E-state index in [2.05, 4.69) is 9.97 Å². The molecule has 3 aromatic rings. The predicted octanol–water partition coefficient (Wildman–Crippen LogP) is 3.29. The quantitative estimate of drug-likeness (QED) is 0.498. The zero-order chi connectivity index (χ0) is 19.1. The van der Waals surface area contributed by atoms with Crippen molar-refractivity contribution in [1.82, 2.24) is 9.97 Å². The van der Waals surface area contributed by atoms with E-state index in [1.807, 2.05) is 36.2 Å². The lowest BCUT2D eigenvalue weighted by atomic mass is 10.1. The second-order valence-corrected chi connectivity index (χ2v) is 6.57. The van der Waals surface area contributed by atoms with Gasteiger partial charge < -0.3 is 4.90 Å². The Balaban J connectivity index is 1.79. The van der Waals surface area contributed by atoms with Crippen molar-refractivity contribution in [2.45, 2.75) is 0 Å². The maximum Gasteiger partial charge on any atom is 0.270 e. The summed E-state index contributed by atoms with van der Waals surface area (Å²) in [4.78, 5) is 36.1. The van der Waals surface area contributed by atoms with Gasteiger partial charge in [0.2, 0.25) is 0 Å². The summed E-state index contributed by atoms with van der Waals surface area (Å²) in [5.41, 5.74) is 1.44. The van der Waals surface area contributed by atoms with Crippen molar-refractivity contribution in [3.8, 4) is 0 Å². The molecular weight excluding hydrogens is 370 g/mol. The van der Waals surface area contributed by atoms with Crippen molar-refractivity contribution in [3.63, 3.8) is 0 Å². The van der Waals surface area contributed by atoms with E-state index in [9.17, 15) is 14.9 Å². The smallest absolute Gasteiger partial charge is 0.270 e. The fourth-order valence-electron chi connectivity index (χ4n) is 3.01. The Hall–Kier alpha value is -3.26. The van der Waals surface area contributed by atoms with Gasteiger partial charge in [0.15, 0.2) is 11.6 Å². The number of amides is 1. The van der Waals surface area contributed by atoms with Gasteiger partial charge in [-0.2, -0.15) is 0 Å². The first-order chi connectivity index (χ1) is 13.0. The van der Waals surface area contributed by atoms with Gasteiger partial charge in [-0.1, -0.05) is 23.7 Å². The molecule has 8 nitrogen and oxygen atoms in total. The fraction of sp³-hybridized carbons (Fsp3) is 0.167. The van der Waals surface area contributed by atoms with Gasteiger partial charge >= 0.3 is 0 Å². The molecule has 136 valence electrons. The molecule has 0 aliphatic carbocycles. The van der Waals surface area contributed by atoms with Crippen LogP contribution < -0.4 is 9.80 Å². The Morgan fingerprint density at radius 3 is 2.41 bits per heavy atom. The molecule has 1 aromatic heterocycles. The van der Waals surface area contributed by atoms with Crippen LogP contribution in [0.2, 0.25) is 5.02 Å². The number of nitro groups is 1. The third-order valence-electron chi connectivity index (χ3n) is 4.45. The van der Waals surface area contributed by atoms with Crippen molar-refractivity contribution in [2.24, 2.45) is 0 Å². The van der Waals surface area contributed by atoms with Crippen LogP contribution in [-0.2, 0) is 0 Å². The highest BCUT2D eigenvalue weighted by Crippen LogP contribution is 2.33. The highest BCUT2D eigenvalue weighted by atomic mass is 35.5. The molecule has 0 N–H and O–H groups in total. The molecule has 0 bridgehead atoms. The monoisotopic (exact) mass is 383 g/mol. The first-order valence-corrected chi connectivity index (χ1v) is 8.57. The van der Waals surface area contributed by atoms with Gasteiger partial charge in [0.05, 0.1) is 26.5 Å². The molecule has 0 spiro atoms. The number of rotatable bonds is 2. The maximum absolute atomic E-state index is 13.1. The number of nitrogens with zero attached hydrogens (tertiary/aromatic N) is 5. The van der Waals surface area contributed by atoms with E-state index in [-0.39, 0.29) is 22.2 Å². The minimum Gasteiger partial charge on any atom is -0.355 e. The van der Waals surface area contributed by atoms with Crippen molar-refractivity contribution in [3.05, 3.63) is 63.2 Å². The van der Waals surface area contributed by atoms with Crippen LogP contribution in [0.15, 0.2) is 42.5 Å². The number of carbonyl (C=O) groups excluding carboxylic acids is 1. The number of nitro benzene ring substituents is 1. The summed E-state index contributed by atoms with van der Waals surface area (Å²) in [5, 5.41) is 10.9. The summed E-state index contributed by atoms with van der Waals surface area (Å²) in [5.74, 6) is 0.682. The standard InChI is InChI=1S/C18H14ClN5O3/c1-22-8-9-23(17-16(22)20-14-4-2-3-5-15(14)21-17)18(25)12-7-6-11(24(26)27)10-13(12)19/h2-7,10H,8-9H2,1H3. The number of halogens is 1. The molecule has 1 amide bonds. The third-order valence-corrected chi connectivity index (χ3v) is 4.76. The van der Waals surface area contributed by atoms with Crippen LogP contribution in [0.1, 0.15) is 10.4 Å². The molecule has 9 heteroatoms. The van der Waals surface area contributed by atoms with Gasteiger partial charge in [-0.3, -0.25) is 19.8 Å². The molecule has 0 fully saturated rings. The van der Waals surface area contributed by atoms with E-state index in [4.69, 9.17) is 11.6 Å². The van der Waals surface area contributed by atoms with Crippen molar-refractivity contribution < 1.29 is 9.72 Å². The number of aromatic nitrogens is 2. The van der Waals surface area contributed by atoms with Crippen LogP contribution in [0.4, 0.5) is 17.3 Å². The average molecular weight is 384 g/mol. The Labute approximate surface area is 159 Å². The molecule has 2 aromatic carbocycles. The van der Waals surface area contributed by atoms with E-state index in [0.29, 0.717) is 30.2 Å². The second kappa shape index (κ2) is 6.48. The molecule has 2 heterocycles. The molecule has 0 unspecified atom stereocenters. The highest BCUT2D eigenvalue weighted by Gasteiger charge is 2.30. The number of benzene rings is 2. The van der Waals surface area contributed by atoms with Crippen LogP contribution in [-0.4, -0.2) is 40.9 Å². The zero-order valence-electron chi connectivity index (χ0n) is 14.3. The van der Waals surface area contributed by atoms with Gasteiger partial charge in [-0.25, -0.2) is 9.97 Å². The van der Waals surface area contributed by atoms with E-state index >= 15 is 0 Å². The number of hydrogen-bond acceptors (Lipinski definition) is 6. The van der Waals surface area contributed by atoms with Gasteiger partial charge in [0.1, 0.15) is 0 Å². The van der Waals surface area contributed by atoms with E-state index in [0.717, 1.165) is 5.52 Å². The summed E-state index contributed by atoms with van der Waals surface area (Å²) < 4.78 is 0. The van der Waals surface area contributed by atoms with Crippen molar-refractivity contribution >= 4 is 45.9 Å². The average Bonchev–Trinajstić information content (AvgIpc) is 2.66. The molecule has 1 aliphatic heterocycles. The van der Waals surface area contributed by atoms with Crippen LogP contribution in [0.5, 0.6) is 0 Å². The summed E-state index contributed by atoms with van der Waals surface area (Å²) in [6.07, 6.45) is 0. The Bertz CT molecular complexity index is 1090. The Morgan fingerprint density at radius 1 is 1.11 bits per heavy atom. The largest absolute Gasteiger partial charge is 0.355 e. The lowest BCUT2D eigenvalue weighted by Crippen LogP contribution is -2.43. The highest BCUT2D eigenvalue weighted by molar-refractivity contribution is 6.34. The normalized spacial score (nSPS) is 13.6. The second-order valence-electron chi connectivity index (χ2n) is 6.16. The van der Waals surface area contributed by atoms with Crippen LogP contribution in [0.3, 0.4) is 0 Å². The summed E-state index contributed by atoms with van der Waals surface area (Å²) in [7, 11) is 1.89. The lowest BCUT2D eigenvalue weighted by Gasteiger charge is -2.33. The van der Waals surface area contributed by atoms with Gasteiger partial charge in [-0.05, 0) is 18.2 Å². The van der Waals surface area contributed by atoms with Crippen LogP contribution in [0, 0.1) is 10.1 Å². The molecular formula is C18H14ClN5O3. The van der Waals surface area contributed by atoms with Gasteiger partial charge in [0, 0.05) is 32.3 Å². The minimum absolute atomic E-state index is 0.0310. The Morgan fingerprint density at radius 2 is 1.78 bits per heavy atom. The predicted molar refractivity (Wildman–Crippen MR) is 103 cm³/mol. The number of anilines is 2. The third kappa shape index (κ3) is 2.93.